The molecule has 4 aromatic rings. The highest BCUT2D eigenvalue weighted by atomic mass is 32.1. The van der Waals surface area contributed by atoms with Gasteiger partial charge in [0.1, 0.15) is 0 Å². The lowest BCUT2D eigenvalue weighted by Crippen LogP contribution is -2.16. The summed E-state index contributed by atoms with van der Waals surface area (Å²) in [7, 11) is 0. The van der Waals surface area contributed by atoms with Crippen molar-refractivity contribution in [2.24, 2.45) is 0 Å². The Bertz CT molecular complexity index is 1240. The lowest BCUT2D eigenvalue weighted by atomic mass is 10.1. The molecule has 2 aromatic carbocycles. The number of thiazole rings is 1. The van der Waals surface area contributed by atoms with E-state index in [0.717, 1.165) is 16.5 Å². The van der Waals surface area contributed by atoms with Crippen molar-refractivity contribution < 1.29 is 9.59 Å². The van der Waals surface area contributed by atoms with Crippen molar-refractivity contribution in [3.63, 3.8) is 0 Å². The Morgan fingerprint density at radius 1 is 1.00 bits per heavy atom. The first kappa shape index (κ1) is 18.6. The average molecular weight is 404 g/mol. The van der Waals surface area contributed by atoms with Gasteiger partial charge in [-0.2, -0.15) is 0 Å². The molecule has 0 bridgehead atoms. The van der Waals surface area contributed by atoms with Gasteiger partial charge in [0.05, 0.1) is 17.7 Å². The number of nitrogens with zero attached hydrogens (tertiary/aromatic N) is 1. The predicted octanol–water partition coefficient (Wildman–Crippen LogP) is 3.42. The zero-order valence-electron chi connectivity index (χ0n) is 15.1. The smallest absolute Gasteiger partial charge is 0.258 e. The number of pyridine rings is 1. The maximum atomic E-state index is 12.4. The second-order valence-electron chi connectivity index (χ2n) is 6.29. The second kappa shape index (κ2) is 8.07. The van der Waals surface area contributed by atoms with E-state index in [2.05, 4.69) is 20.6 Å². The lowest BCUT2D eigenvalue weighted by Gasteiger charge is -2.08. The Hall–Kier alpha value is -3.78. The number of fused-ring (bicyclic) bond motifs is 1. The normalized spacial score (nSPS) is 10.6. The van der Waals surface area contributed by atoms with Gasteiger partial charge in [0.15, 0.2) is 5.13 Å². The Balaban J connectivity index is 1.41. The lowest BCUT2D eigenvalue weighted by molar-refractivity contribution is -0.115. The third-order valence-corrected chi connectivity index (χ3v) is 5.03. The summed E-state index contributed by atoms with van der Waals surface area (Å²) >= 11 is 1.23. The van der Waals surface area contributed by atoms with Gasteiger partial charge in [0.25, 0.3) is 5.91 Å². The van der Waals surface area contributed by atoms with Gasteiger partial charge in [0.2, 0.25) is 11.5 Å². The molecule has 2 amide bonds. The fourth-order valence-corrected chi connectivity index (χ4v) is 3.57. The number of carbonyl (C=O) groups is 2. The van der Waals surface area contributed by atoms with Crippen molar-refractivity contribution >= 4 is 44.7 Å². The summed E-state index contributed by atoms with van der Waals surface area (Å²) in [6.45, 7) is 0. The molecule has 2 heterocycles. The van der Waals surface area contributed by atoms with Crippen LogP contribution in [0.3, 0.4) is 0 Å². The number of anilines is 2. The van der Waals surface area contributed by atoms with Crippen LogP contribution in [0.1, 0.15) is 16.1 Å². The second-order valence-corrected chi connectivity index (χ2v) is 7.15. The minimum atomic E-state index is -0.387. The van der Waals surface area contributed by atoms with Gasteiger partial charge >= 0.3 is 0 Å². The molecule has 3 N–H and O–H groups in total. The van der Waals surface area contributed by atoms with Crippen LogP contribution in [0, 0.1) is 0 Å². The first-order chi connectivity index (χ1) is 14.1. The summed E-state index contributed by atoms with van der Waals surface area (Å²) in [5.74, 6) is -0.576. The molecule has 0 aliphatic heterocycles. The Morgan fingerprint density at radius 3 is 2.66 bits per heavy atom. The first-order valence-corrected chi connectivity index (χ1v) is 9.68. The largest absolute Gasteiger partial charge is 0.328 e. The molecule has 7 nitrogen and oxygen atoms in total. The number of hydrogen-bond donors (Lipinski definition) is 3. The van der Waals surface area contributed by atoms with E-state index in [1.54, 1.807) is 5.38 Å². The van der Waals surface area contributed by atoms with Gasteiger partial charge in [-0.3, -0.25) is 19.7 Å². The minimum absolute atomic E-state index is 0.0915. The minimum Gasteiger partial charge on any atom is -0.328 e. The fourth-order valence-electron chi connectivity index (χ4n) is 2.86. The van der Waals surface area contributed by atoms with Gasteiger partial charge in [-0.15, -0.1) is 11.3 Å². The highest BCUT2D eigenvalue weighted by Crippen LogP contribution is 2.23. The number of hydrogen-bond acceptors (Lipinski definition) is 5. The predicted molar refractivity (Wildman–Crippen MR) is 113 cm³/mol. The summed E-state index contributed by atoms with van der Waals surface area (Å²) in [6.07, 6.45) is 1.43. The number of aromatic nitrogens is 2. The van der Waals surface area contributed by atoms with Crippen molar-refractivity contribution in [3.05, 3.63) is 87.8 Å². The maximum Gasteiger partial charge on any atom is 0.258 e. The first-order valence-electron chi connectivity index (χ1n) is 8.80. The number of nitrogens with one attached hydrogen (secondary N) is 3. The molecule has 8 heteroatoms. The van der Waals surface area contributed by atoms with Gasteiger partial charge in [-0.25, -0.2) is 4.98 Å². The molecule has 2 aromatic heterocycles. The zero-order chi connectivity index (χ0) is 20.2. The van der Waals surface area contributed by atoms with Gasteiger partial charge in [-0.05, 0) is 17.5 Å². The molecule has 0 unspecified atom stereocenters. The third kappa shape index (κ3) is 4.39. The quantitative estimate of drug-likeness (QED) is 0.474. The van der Waals surface area contributed by atoms with Crippen LogP contribution in [0.4, 0.5) is 10.8 Å². The van der Waals surface area contributed by atoms with E-state index in [1.807, 2.05) is 42.5 Å². The average Bonchev–Trinajstić information content (AvgIpc) is 3.15. The molecule has 4 rings (SSSR count). The van der Waals surface area contributed by atoms with E-state index in [1.165, 1.54) is 29.7 Å². The van der Waals surface area contributed by atoms with Crippen LogP contribution in [0.15, 0.2) is 71.0 Å². The van der Waals surface area contributed by atoms with Gasteiger partial charge in [-0.1, -0.05) is 36.4 Å². The molecule has 0 saturated heterocycles. The van der Waals surface area contributed by atoms with Crippen LogP contribution in [-0.4, -0.2) is 21.8 Å². The van der Waals surface area contributed by atoms with E-state index < -0.39 is 0 Å². The molecule has 0 spiro atoms. The third-order valence-electron chi connectivity index (χ3n) is 4.22. The molecule has 0 atom stereocenters. The summed E-state index contributed by atoms with van der Waals surface area (Å²) in [6, 6.07) is 16.3. The Labute approximate surface area is 169 Å². The molecular formula is C21H16N4O3S. The van der Waals surface area contributed by atoms with Crippen molar-refractivity contribution in [2.45, 2.75) is 6.42 Å². The maximum absolute atomic E-state index is 12.4. The monoisotopic (exact) mass is 404 g/mol. The molecule has 0 aliphatic carbocycles. The number of H-pyrrole nitrogens is 1. The van der Waals surface area contributed by atoms with Crippen LogP contribution in [0.25, 0.3) is 10.8 Å². The number of amides is 2. The fraction of sp³-hybridized carbons (Fsp3) is 0.0476. The van der Waals surface area contributed by atoms with Crippen LogP contribution < -0.4 is 16.2 Å². The van der Waals surface area contributed by atoms with E-state index in [0.29, 0.717) is 16.4 Å². The number of aromatic amines is 1. The zero-order valence-corrected chi connectivity index (χ0v) is 16.0. The number of carbonyl (C=O) groups excluding carboxylic acids is 2. The Kier molecular flexibility index (Phi) is 5.17. The topological polar surface area (TPSA) is 104 Å². The van der Waals surface area contributed by atoms with Crippen molar-refractivity contribution in [3.8, 4) is 0 Å². The molecule has 0 radical (unpaired) electrons. The van der Waals surface area contributed by atoms with Crippen LogP contribution in [-0.2, 0) is 11.2 Å². The van der Waals surface area contributed by atoms with Crippen LogP contribution in [0.5, 0.6) is 0 Å². The molecule has 0 aliphatic rings. The summed E-state index contributed by atoms with van der Waals surface area (Å²) in [5, 5.41) is 9.71. The van der Waals surface area contributed by atoms with Gasteiger partial charge < -0.3 is 10.3 Å². The van der Waals surface area contributed by atoms with Crippen LogP contribution in [0.2, 0.25) is 0 Å². The Morgan fingerprint density at radius 2 is 1.83 bits per heavy atom. The number of rotatable bonds is 5. The van der Waals surface area contributed by atoms with Crippen molar-refractivity contribution in [1.82, 2.24) is 9.97 Å². The molecule has 0 fully saturated rings. The standard InChI is InChI=1S/C21H16N4O3S/c26-18-9-8-14(11-22-18)20(28)25-21-23-15(12-29-21)10-19(27)24-17-7-3-5-13-4-1-2-6-16(13)17/h1-9,11-12H,10H2,(H,22,26)(H,24,27)(H,23,25,28). The molecule has 0 saturated carbocycles. The van der Waals surface area contributed by atoms with Crippen molar-refractivity contribution in [2.75, 3.05) is 10.6 Å². The highest BCUT2D eigenvalue weighted by Gasteiger charge is 2.12. The molecule has 144 valence electrons. The van der Waals surface area contributed by atoms with E-state index in [-0.39, 0.29) is 23.8 Å². The summed E-state index contributed by atoms with van der Waals surface area (Å²) < 4.78 is 0. The SMILES string of the molecule is O=C(Cc1csc(NC(=O)c2ccc(=O)[nH]c2)n1)Nc1cccc2ccccc12. The molecular weight excluding hydrogens is 388 g/mol. The van der Waals surface area contributed by atoms with E-state index in [9.17, 15) is 14.4 Å². The van der Waals surface area contributed by atoms with Crippen LogP contribution >= 0.6 is 11.3 Å². The van der Waals surface area contributed by atoms with Gasteiger partial charge in [0, 0.05) is 28.7 Å². The summed E-state index contributed by atoms with van der Waals surface area (Å²) in [4.78, 5) is 42.4. The highest BCUT2D eigenvalue weighted by molar-refractivity contribution is 7.14. The number of benzene rings is 2. The van der Waals surface area contributed by atoms with E-state index in [4.69, 9.17) is 0 Å². The van der Waals surface area contributed by atoms with Crippen molar-refractivity contribution in [1.29, 1.82) is 0 Å². The summed E-state index contributed by atoms with van der Waals surface area (Å²) in [5.41, 5.74) is 1.34. The van der Waals surface area contributed by atoms with E-state index >= 15 is 0 Å². The molecule has 29 heavy (non-hydrogen) atoms.